The Morgan fingerprint density at radius 1 is 1.37 bits per heavy atom. The molecule has 19 heavy (non-hydrogen) atoms. The van der Waals surface area contributed by atoms with Crippen molar-refractivity contribution in [3.05, 3.63) is 23.8 Å². The van der Waals surface area contributed by atoms with Crippen molar-refractivity contribution in [2.75, 3.05) is 20.3 Å². The van der Waals surface area contributed by atoms with Gasteiger partial charge in [-0.2, -0.15) is 4.89 Å². The summed E-state index contributed by atoms with van der Waals surface area (Å²) in [4.78, 5) is 19.9. The number of methoxy groups -OCH3 is 1. The molecule has 1 atom stereocenters. The quantitative estimate of drug-likeness (QED) is 0.342. The fourth-order valence-electron chi connectivity index (χ4n) is 1.18. The van der Waals surface area contributed by atoms with E-state index < -0.39 is 18.9 Å². The van der Waals surface area contributed by atoms with Gasteiger partial charge in [-0.1, -0.05) is 6.07 Å². The molecule has 106 valence electrons. The highest BCUT2D eigenvalue weighted by Crippen LogP contribution is 2.28. The Morgan fingerprint density at radius 2 is 2.11 bits per heavy atom. The Kier molecular flexibility index (Phi) is 6.07. The summed E-state index contributed by atoms with van der Waals surface area (Å²) < 4.78 is 9.89. The van der Waals surface area contributed by atoms with E-state index in [9.17, 15) is 4.79 Å². The van der Waals surface area contributed by atoms with Crippen molar-refractivity contribution in [1.29, 1.82) is 0 Å². The van der Waals surface area contributed by atoms with Crippen LogP contribution in [-0.2, 0) is 9.78 Å². The number of aliphatic hydroxyl groups excluding tert-OH is 2. The molecule has 0 aliphatic heterocycles. The molecule has 2 N–H and O–H groups in total. The van der Waals surface area contributed by atoms with E-state index in [1.165, 1.54) is 7.11 Å². The van der Waals surface area contributed by atoms with Crippen LogP contribution >= 0.6 is 0 Å². The lowest BCUT2D eigenvalue weighted by molar-refractivity contribution is -0.263. The van der Waals surface area contributed by atoms with Crippen LogP contribution in [0.4, 0.5) is 4.79 Å². The van der Waals surface area contributed by atoms with Crippen LogP contribution in [0.3, 0.4) is 0 Å². The number of carbonyl (C=O) groups is 1. The molecule has 1 unspecified atom stereocenters. The monoisotopic (exact) mass is 272 g/mol. The number of carbonyl (C=O) groups excluding carboxylic acids is 1. The number of benzene rings is 1. The average molecular weight is 272 g/mol. The predicted molar refractivity (Wildman–Crippen MR) is 63.9 cm³/mol. The van der Waals surface area contributed by atoms with Crippen LogP contribution in [0.15, 0.2) is 18.2 Å². The molecule has 0 aliphatic carbocycles. The van der Waals surface area contributed by atoms with Crippen molar-refractivity contribution < 1.29 is 34.3 Å². The number of aryl methyl sites for hydroxylation is 1. The van der Waals surface area contributed by atoms with Crippen molar-refractivity contribution in [2.45, 2.75) is 13.0 Å². The zero-order valence-corrected chi connectivity index (χ0v) is 10.7. The van der Waals surface area contributed by atoms with Gasteiger partial charge < -0.3 is 19.7 Å². The lowest BCUT2D eigenvalue weighted by atomic mass is 10.2. The smallest absolute Gasteiger partial charge is 0.493 e. The first kappa shape index (κ1) is 15.2. The highest BCUT2D eigenvalue weighted by atomic mass is 17.2. The van der Waals surface area contributed by atoms with Crippen molar-refractivity contribution in [3.63, 3.8) is 0 Å². The molecule has 7 nitrogen and oxygen atoms in total. The number of aliphatic hydroxyl groups is 2. The summed E-state index contributed by atoms with van der Waals surface area (Å²) in [6, 6.07) is 4.98. The molecule has 0 aliphatic rings. The fourth-order valence-corrected chi connectivity index (χ4v) is 1.18. The van der Waals surface area contributed by atoms with E-state index in [0.29, 0.717) is 5.75 Å². The minimum atomic E-state index is -1.12. The second-order valence-corrected chi connectivity index (χ2v) is 3.71. The van der Waals surface area contributed by atoms with E-state index >= 15 is 0 Å². The second-order valence-electron chi connectivity index (χ2n) is 3.71. The van der Waals surface area contributed by atoms with Gasteiger partial charge in [0.2, 0.25) is 0 Å². The summed E-state index contributed by atoms with van der Waals surface area (Å²) in [5.74, 6) is 0.566. The summed E-state index contributed by atoms with van der Waals surface area (Å²) in [6.45, 7) is 1.02. The van der Waals surface area contributed by atoms with Crippen LogP contribution in [-0.4, -0.2) is 42.8 Å². The van der Waals surface area contributed by atoms with E-state index in [4.69, 9.17) is 19.7 Å². The summed E-state index contributed by atoms with van der Waals surface area (Å²) in [7, 11) is 1.45. The van der Waals surface area contributed by atoms with E-state index in [1.807, 2.05) is 6.92 Å². The van der Waals surface area contributed by atoms with Gasteiger partial charge in [0.25, 0.3) is 0 Å². The van der Waals surface area contributed by atoms with Crippen LogP contribution in [0.2, 0.25) is 0 Å². The maximum atomic E-state index is 11.3. The first-order chi connectivity index (χ1) is 9.06. The zero-order chi connectivity index (χ0) is 14.3. The van der Waals surface area contributed by atoms with Crippen molar-refractivity contribution in [2.24, 2.45) is 0 Å². The van der Waals surface area contributed by atoms with Gasteiger partial charge >= 0.3 is 6.16 Å². The molecular weight excluding hydrogens is 256 g/mol. The van der Waals surface area contributed by atoms with Gasteiger partial charge in [-0.3, -0.25) is 4.89 Å². The van der Waals surface area contributed by atoms with Gasteiger partial charge in [-0.25, -0.2) is 4.79 Å². The van der Waals surface area contributed by atoms with Crippen molar-refractivity contribution in [3.8, 4) is 11.5 Å². The van der Waals surface area contributed by atoms with Crippen LogP contribution in [0.1, 0.15) is 5.56 Å². The average Bonchev–Trinajstić information content (AvgIpc) is 2.40. The Labute approximate surface area is 110 Å². The molecule has 0 spiro atoms. The summed E-state index contributed by atoms with van der Waals surface area (Å²) in [5, 5.41) is 17.5. The van der Waals surface area contributed by atoms with Crippen molar-refractivity contribution in [1.82, 2.24) is 0 Å². The molecule has 0 aromatic heterocycles. The third-order valence-electron chi connectivity index (χ3n) is 2.11. The molecule has 0 saturated heterocycles. The number of hydrogen-bond acceptors (Lipinski definition) is 7. The minimum Gasteiger partial charge on any atom is -0.493 e. The summed E-state index contributed by atoms with van der Waals surface area (Å²) >= 11 is 0. The molecule has 1 aromatic carbocycles. The Morgan fingerprint density at radius 3 is 2.74 bits per heavy atom. The summed E-state index contributed by atoms with van der Waals surface area (Å²) in [5.41, 5.74) is 0.944. The normalized spacial score (nSPS) is 11.8. The highest BCUT2D eigenvalue weighted by molar-refractivity contribution is 5.64. The molecule has 0 amide bonds. The maximum absolute atomic E-state index is 11.3. The van der Waals surface area contributed by atoms with Gasteiger partial charge in [-0.05, 0) is 24.6 Å². The van der Waals surface area contributed by atoms with Gasteiger partial charge in [-0.15, -0.1) is 0 Å². The van der Waals surface area contributed by atoms with Gasteiger partial charge in [0.1, 0.15) is 12.7 Å². The fraction of sp³-hybridized carbons (Fsp3) is 0.417. The first-order valence-corrected chi connectivity index (χ1v) is 5.51. The van der Waals surface area contributed by atoms with Gasteiger partial charge in [0.15, 0.2) is 11.5 Å². The largest absolute Gasteiger partial charge is 0.546 e. The second kappa shape index (κ2) is 7.57. The van der Waals surface area contributed by atoms with Crippen LogP contribution in [0.25, 0.3) is 0 Å². The molecular formula is C12H16O7. The predicted octanol–water partition coefficient (Wildman–Crippen LogP) is 0.804. The van der Waals surface area contributed by atoms with Crippen molar-refractivity contribution >= 4 is 6.16 Å². The zero-order valence-electron chi connectivity index (χ0n) is 10.7. The van der Waals surface area contributed by atoms with Crippen LogP contribution in [0.5, 0.6) is 11.5 Å². The number of ether oxygens (including phenoxy) is 2. The first-order valence-electron chi connectivity index (χ1n) is 5.51. The highest BCUT2D eigenvalue weighted by Gasteiger charge is 2.13. The lowest BCUT2D eigenvalue weighted by Gasteiger charge is -2.10. The standard InChI is InChI=1S/C12H16O7/c1-8-3-4-10(11(5-8)16-2)18-12(15)19-17-7-9(14)6-13/h3-5,9,13-14H,6-7H2,1-2H3. The minimum absolute atomic E-state index is 0.185. The number of hydrogen-bond donors (Lipinski definition) is 2. The molecule has 7 heteroatoms. The van der Waals surface area contributed by atoms with Crippen LogP contribution in [0, 0.1) is 6.92 Å². The Bertz CT molecular complexity index is 419. The maximum Gasteiger partial charge on any atom is 0.546 e. The topological polar surface area (TPSA) is 94.5 Å². The molecule has 0 heterocycles. The van der Waals surface area contributed by atoms with E-state index in [1.54, 1.807) is 18.2 Å². The molecule has 0 saturated carbocycles. The van der Waals surface area contributed by atoms with E-state index in [0.717, 1.165) is 5.56 Å². The lowest BCUT2D eigenvalue weighted by Crippen LogP contribution is -2.21. The molecule has 0 bridgehead atoms. The third-order valence-corrected chi connectivity index (χ3v) is 2.11. The van der Waals surface area contributed by atoms with Gasteiger partial charge in [0, 0.05) is 0 Å². The molecule has 1 rings (SSSR count). The summed E-state index contributed by atoms with van der Waals surface area (Å²) in [6.07, 6.45) is -2.23. The van der Waals surface area contributed by atoms with Crippen LogP contribution < -0.4 is 9.47 Å². The van der Waals surface area contributed by atoms with E-state index in [-0.39, 0.29) is 12.4 Å². The van der Waals surface area contributed by atoms with E-state index in [2.05, 4.69) is 9.78 Å². The molecule has 1 aromatic rings. The third kappa shape index (κ3) is 5.12. The Balaban J connectivity index is 2.48. The Hall–Kier alpha value is -1.83. The molecule has 0 fully saturated rings. The number of rotatable bonds is 6. The van der Waals surface area contributed by atoms with Gasteiger partial charge in [0.05, 0.1) is 13.7 Å². The SMILES string of the molecule is COc1cc(C)ccc1OC(=O)OOCC(O)CO. The molecule has 0 radical (unpaired) electrons.